The van der Waals surface area contributed by atoms with E-state index in [2.05, 4.69) is 35.7 Å². The van der Waals surface area contributed by atoms with Crippen molar-refractivity contribution >= 4 is 28.9 Å². The molecule has 1 aromatic heterocycles. The summed E-state index contributed by atoms with van der Waals surface area (Å²) in [7, 11) is 0. The van der Waals surface area contributed by atoms with Gasteiger partial charge in [0.05, 0.1) is 11.3 Å². The molecule has 1 unspecified atom stereocenters. The number of allylic oxidation sites excluding steroid dienone is 2. The molecule has 1 aliphatic rings. The van der Waals surface area contributed by atoms with Crippen LogP contribution in [0.3, 0.4) is 0 Å². The summed E-state index contributed by atoms with van der Waals surface area (Å²) in [6.45, 7) is 15.5. The van der Waals surface area contributed by atoms with Gasteiger partial charge in [0.1, 0.15) is 17.4 Å². The number of nitrogens with one attached hydrogen (secondary N) is 1. The molecular weight excluding hydrogens is 653 g/mol. The molecule has 0 saturated heterocycles. The number of hydrogen-bond acceptors (Lipinski definition) is 6. The van der Waals surface area contributed by atoms with Crippen LogP contribution in [0, 0.1) is 23.7 Å². The van der Waals surface area contributed by atoms with Crippen molar-refractivity contribution in [1.29, 1.82) is 0 Å². The minimum absolute atomic E-state index is 0.0435. The summed E-state index contributed by atoms with van der Waals surface area (Å²) in [5, 5.41) is 2.42. The average Bonchev–Trinajstić information content (AvgIpc) is 3.05. The number of carbonyl (C=O) groups excluding carboxylic acids is 2. The van der Waals surface area contributed by atoms with E-state index in [1.165, 1.54) is 13.8 Å². The minimum atomic E-state index is -4.58. The van der Waals surface area contributed by atoms with Crippen molar-refractivity contribution in [2.75, 3.05) is 5.32 Å². The molecule has 3 N–H and O–H groups in total. The van der Waals surface area contributed by atoms with Crippen molar-refractivity contribution in [3.05, 3.63) is 89.7 Å². The zero-order valence-electron chi connectivity index (χ0n) is 29.6. The van der Waals surface area contributed by atoms with Crippen molar-refractivity contribution in [2.24, 2.45) is 34.4 Å². The van der Waals surface area contributed by atoms with E-state index in [0.717, 1.165) is 35.9 Å². The molecule has 272 valence electrons. The maximum atomic E-state index is 14.9. The van der Waals surface area contributed by atoms with E-state index in [1.807, 2.05) is 18.7 Å². The first-order valence-electron chi connectivity index (χ1n) is 16.9. The molecule has 0 saturated carbocycles. The number of alkyl halides is 5. The first-order valence-corrected chi connectivity index (χ1v) is 16.9. The maximum absolute atomic E-state index is 14.9. The largest absolute Gasteiger partial charge is 0.416 e. The SMILES string of the molecule is C=C([C@H](CC[C@H](C)C(F)(F)CCC(C)=O)CC(C)C)N1C=CN=C(N)/C1=C(\c1ccc(C(=O)Nc2cc(C(F)(F)F)ccn2)cc1)C(C)CC. The summed E-state index contributed by atoms with van der Waals surface area (Å²) >= 11 is 0. The Kier molecular flexibility index (Phi) is 13.7. The lowest BCUT2D eigenvalue weighted by Gasteiger charge is -2.36. The normalized spacial score (nSPS) is 16.5. The molecule has 3 atom stereocenters. The van der Waals surface area contributed by atoms with Gasteiger partial charge in [0.2, 0.25) is 0 Å². The van der Waals surface area contributed by atoms with Gasteiger partial charge in [-0.1, -0.05) is 53.3 Å². The zero-order chi connectivity index (χ0) is 37.4. The monoisotopic (exact) mass is 701 g/mol. The third-order valence-electron chi connectivity index (χ3n) is 9.08. The Morgan fingerprint density at radius 1 is 1.00 bits per heavy atom. The second-order valence-corrected chi connectivity index (χ2v) is 13.5. The van der Waals surface area contributed by atoms with E-state index in [0.29, 0.717) is 24.2 Å². The van der Waals surface area contributed by atoms with Crippen LogP contribution in [0.15, 0.2) is 78.0 Å². The molecular formula is C38H48F5N5O2. The van der Waals surface area contributed by atoms with Crippen LogP contribution in [0.2, 0.25) is 0 Å². The van der Waals surface area contributed by atoms with Crippen molar-refractivity contribution in [3.63, 3.8) is 0 Å². The number of nitrogens with two attached hydrogens (primary N) is 1. The standard InChI is InChI=1S/C38H48F5N5O2/c1-8-24(4)33(28-11-13-29(14-12-28)36(50)47-32-22-31(16-18-45-32)38(41,42)43)34-35(44)46-19-20-48(34)27(7)30(21-23(2)3)10-9-25(5)37(39,40)17-15-26(6)49/h11-14,16,18-20,22-25,30H,7-10,15,17,21H2,1-6H3,(H2,44,46)(H,45,47,50)/b34-33+/t24?,25-,30+/m0/s1. The van der Waals surface area contributed by atoms with E-state index in [4.69, 9.17) is 5.73 Å². The molecule has 0 radical (unpaired) electrons. The molecule has 7 nitrogen and oxygen atoms in total. The van der Waals surface area contributed by atoms with Crippen LogP contribution in [0.5, 0.6) is 0 Å². The second kappa shape index (κ2) is 17.0. The summed E-state index contributed by atoms with van der Waals surface area (Å²) in [6, 6.07) is 8.22. The fraction of sp³-hybridized carbons (Fsp3) is 0.474. The zero-order valence-corrected chi connectivity index (χ0v) is 29.6. The van der Waals surface area contributed by atoms with Gasteiger partial charge in [-0.25, -0.2) is 18.8 Å². The van der Waals surface area contributed by atoms with Crippen molar-refractivity contribution in [1.82, 2.24) is 9.88 Å². The lowest BCUT2D eigenvalue weighted by molar-refractivity contribution is -0.137. The number of aromatic nitrogens is 1. The highest BCUT2D eigenvalue weighted by Gasteiger charge is 2.37. The van der Waals surface area contributed by atoms with E-state index < -0.39 is 35.9 Å². The predicted molar refractivity (Wildman–Crippen MR) is 188 cm³/mol. The van der Waals surface area contributed by atoms with Crippen LogP contribution in [0.25, 0.3) is 5.57 Å². The summed E-state index contributed by atoms with van der Waals surface area (Å²) in [4.78, 5) is 34.4. The molecule has 3 rings (SSSR count). The molecule has 0 aliphatic carbocycles. The van der Waals surface area contributed by atoms with Gasteiger partial charge < -0.3 is 20.7 Å². The Hall–Kier alpha value is -4.35. The lowest BCUT2D eigenvalue weighted by Crippen LogP contribution is -2.34. The molecule has 1 aromatic carbocycles. The van der Waals surface area contributed by atoms with Crippen LogP contribution < -0.4 is 11.1 Å². The van der Waals surface area contributed by atoms with Crippen molar-refractivity contribution in [3.8, 4) is 0 Å². The highest BCUT2D eigenvalue weighted by Crippen LogP contribution is 2.40. The first kappa shape index (κ1) is 40.1. The smallest absolute Gasteiger partial charge is 0.382 e. The number of amidine groups is 1. The lowest BCUT2D eigenvalue weighted by atomic mass is 9.84. The van der Waals surface area contributed by atoms with Gasteiger partial charge in [-0.05, 0) is 85.8 Å². The molecule has 0 bridgehead atoms. The fourth-order valence-electron chi connectivity index (χ4n) is 5.91. The number of aliphatic imine (C=N–C) groups is 1. The third-order valence-corrected chi connectivity index (χ3v) is 9.08. The van der Waals surface area contributed by atoms with Crippen molar-refractivity contribution < 1.29 is 31.5 Å². The number of anilines is 1. The summed E-state index contributed by atoms with van der Waals surface area (Å²) in [5.41, 5.74) is 8.71. The van der Waals surface area contributed by atoms with Crippen LogP contribution in [0.1, 0.15) is 102 Å². The molecule has 0 fully saturated rings. The molecule has 2 heterocycles. The van der Waals surface area contributed by atoms with E-state index in [9.17, 15) is 31.5 Å². The van der Waals surface area contributed by atoms with E-state index in [-0.39, 0.29) is 53.6 Å². The number of pyridine rings is 1. The van der Waals surface area contributed by atoms with Gasteiger partial charge in [0, 0.05) is 48.6 Å². The number of Topliss-reactive ketones (excluding diaryl/α,β-unsaturated/α-hetero) is 1. The minimum Gasteiger partial charge on any atom is -0.382 e. The number of amides is 1. The van der Waals surface area contributed by atoms with E-state index >= 15 is 0 Å². The van der Waals surface area contributed by atoms with Crippen LogP contribution in [0.4, 0.5) is 27.8 Å². The highest BCUT2D eigenvalue weighted by atomic mass is 19.4. The van der Waals surface area contributed by atoms with Crippen LogP contribution in [-0.4, -0.2) is 33.3 Å². The second-order valence-electron chi connectivity index (χ2n) is 13.5. The fourth-order valence-corrected chi connectivity index (χ4v) is 5.91. The third kappa shape index (κ3) is 10.6. The highest BCUT2D eigenvalue weighted by molar-refractivity contribution is 6.06. The number of nitrogens with zero attached hydrogens (tertiary/aromatic N) is 3. The molecule has 1 aliphatic heterocycles. The Morgan fingerprint density at radius 3 is 2.22 bits per heavy atom. The van der Waals surface area contributed by atoms with Gasteiger partial charge in [-0.3, -0.25) is 4.79 Å². The number of carbonyl (C=O) groups is 2. The van der Waals surface area contributed by atoms with Crippen LogP contribution in [-0.2, 0) is 11.0 Å². The van der Waals surface area contributed by atoms with Gasteiger partial charge in [0.25, 0.3) is 11.8 Å². The van der Waals surface area contributed by atoms with Gasteiger partial charge in [-0.2, -0.15) is 13.2 Å². The summed E-state index contributed by atoms with van der Waals surface area (Å²) in [6.07, 6.45) is 1.19. The van der Waals surface area contributed by atoms with Gasteiger partial charge in [0.15, 0.2) is 0 Å². The van der Waals surface area contributed by atoms with E-state index in [1.54, 1.807) is 36.7 Å². The van der Waals surface area contributed by atoms with Gasteiger partial charge in [-0.15, -0.1) is 0 Å². The average molecular weight is 702 g/mol. The Morgan fingerprint density at radius 2 is 1.64 bits per heavy atom. The molecule has 1 amide bonds. The molecule has 50 heavy (non-hydrogen) atoms. The molecule has 2 aromatic rings. The van der Waals surface area contributed by atoms with Crippen LogP contribution >= 0.6 is 0 Å². The summed E-state index contributed by atoms with van der Waals surface area (Å²) < 4.78 is 69.3. The Bertz CT molecular complexity index is 1610. The predicted octanol–water partition coefficient (Wildman–Crippen LogP) is 9.85. The maximum Gasteiger partial charge on any atom is 0.416 e. The topological polar surface area (TPSA) is 101 Å². The quantitative estimate of drug-likeness (QED) is 0.170. The summed E-state index contributed by atoms with van der Waals surface area (Å²) in [5.74, 6) is -4.74. The van der Waals surface area contributed by atoms with Crippen molar-refractivity contribution in [2.45, 2.75) is 92.2 Å². The number of benzene rings is 1. The number of hydrogen-bond donors (Lipinski definition) is 2. The Balaban J connectivity index is 1.95. The van der Waals surface area contributed by atoms with Gasteiger partial charge >= 0.3 is 6.18 Å². The Labute approximate surface area is 291 Å². The number of ketones is 1. The number of rotatable bonds is 16. The first-order chi connectivity index (χ1) is 23.3. The molecule has 0 spiro atoms. The number of halogens is 5. The molecule has 12 heteroatoms.